The molecule has 0 unspecified atom stereocenters. The summed E-state index contributed by atoms with van der Waals surface area (Å²) in [6, 6.07) is 4.24. The average Bonchev–Trinajstić information content (AvgIpc) is 2.39. The fourth-order valence-corrected chi connectivity index (χ4v) is 1.53. The summed E-state index contributed by atoms with van der Waals surface area (Å²) in [6.45, 7) is -2.95. The van der Waals surface area contributed by atoms with Crippen molar-refractivity contribution in [1.82, 2.24) is 5.32 Å². The van der Waals surface area contributed by atoms with Crippen molar-refractivity contribution in [2.24, 2.45) is 4.99 Å². The van der Waals surface area contributed by atoms with Crippen molar-refractivity contribution in [1.29, 1.82) is 5.26 Å². The Morgan fingerprint density at radius 2 is 2.26 bits per heavy atom. The zero-order valence-corrected chi connectivity index (χ0v) is 11.0. The van der Waals surface area contributed by atoms with Crippen molar-refractivity contribution in [3.05, 3.63) is 18.2 Å². The molecule has 1 aromatic rings. The Bertz CT molecular complexity index is 503. The number of ether oxygens (including phenoxy) is 2. The largest absolute Gasteiger partial charge is 0.497 e. The molecule has 0 aliphatic heterocycles. The summed E-state index contributed by atoms with van der Waals surface area (Å²) in [5.74, 6) is 0.347. The number of benzene rings is 1. The molecule has 0 radical (unpaired) electrons. The second kappa shape index (κ2) is 7.43. The topological polar surface area (TPSA) is 66.6 Å². The van der Waals surface area contributed by atoms with E-state index in [2.05, 4.69) is 15.0 Å². The first kappa shape index (κ1) is 15.0. The molecule has 0 spiro atoms. The number of aliphatic imine (C=N–C) groups is 1. The standard InChI is InChI=1S/C11H11F2N3O2S/c1-17-7-3-4-9(18-10(12)13)8(5-7)16-11(19-2)15-6-14/h3-5,10H,1-2H3,(H,15,16). The maximum absolute atomic E-state index is 12.3. The summed E-state index contributed by atoms with van der Waals surface area (Å²) in [6.07, 6.45) is 3.40. The Morgan fingerprint density at radius 1 is 1.53 bits per heavy atom. The third-order valence-corrected chi connectivity index (χ3v) is 2.54. The number of amidine groups is 1. The predicted molar refractivity (Wildman–Crippen MR) is 69.0 cm³/mol. The van der Waals surface area contributed by atoms with Crippen LogP contribution in [0.5, 0.6) is 11.5 Å². The molecule has 0 saturated heterocycles. The Kier molecular flexibility index (Phi) is 5.89. The molecular weight excluding hydrogens is 276 g/mol. The van der Waals surface area contributed by atoms with Gasteiger partial charge in [-0.1, -0.05) is 11.8 Å². The molecule has 1 aromatic carbocycles. The van der Waals surface area contributed by atoms with E-state index in [4.69, 9.17) is 10.00 Å². The van der Waals surface area contributed by atoms with Crippen LogP contribution in [0.3, 0.4) is 0 Å². The normalized spacial score (nSPS) is 11.1. The van der Waals surface area contributed by atoms with E-state index in [0.29, 0.717) is 5.75 Å². The van der Waals surface area contributed by atoms with Crippen molar-refractivity contribution in [3.63, 3.8) is 0 Å². The number of methoxy groups -OCH3 is 1. The van der Waals surface area contributed by atoms with Crippen molar-refractivity contribution >= 4 is 22.6 Å². The third-order valence-electron chi connectivity index (χ3n) is 1.96. The van der Waals surface area contributed by atoms with Gasteiger partial charge in [-0.25, -0.2) is 4.99 Å². The molecule has 5 nitrogen and oxygen atoms in total. The lowest BCUT2D eigenvalue weighted by Gasteiger charge is -2.10. The molecule has 0 heterocycles. The van der Waals surface area contributed by atoms with Crippen molar-refractivity contribution in [3.8, 4) is 17.7 Å². The summed E-state index contributed by atoms with van der Waals surface area (Å²) >= 11 is 1.16. The molecule has 0 aliphatic rings. The number of nitriles is 1. The fraction of sp³-hybridized carbons (Fsp3) is 0.273. The van der Waals surface area contributed by atoms with Gasteiger partial charge in [0.1, 0.15) is 11.4 Å². The SMILES string of the molecule is COc1ccc(OC(F)F)c(N=C(NC#N)SC)c1. The molecule has 1 rings (SSSR count). The molecular formula is C11H11F2N3O2S. The maximum Gasteiger partial charge on any atom is 0.387 e. The number of alkyl halides is 2. The summed E-state index contributed by atoms with van der Waals surface area (Å²) < 4.78 is 33.9. The first-order valence-corrected chi connectivity index (χ1v) is 6.23. The van der Waals surface area contributed by atoms with E-state index in [1.165, 1.54) is 25.3 Å². The molecule has 0 amide bonds. The number of nitrogens with one attached hydrogen (secondary N) is 1. The molecule has 1 N–H and O–H groups in total. The molecule has 0 fully saturated rings. The minimum absolute atomic E-state index is 0.0953. The highest BCUT2D eigenvalue weighted by Crippen LogP contribution is 2.33. The highest BCUT2D eigenvalue weighted by Gasteiger charge is 2.11. The molecule has 0 atom stereocenters. The van der Waals surface area contributed by atoms with Crippen molar-refractivity contribution < 1.29 is 18.3 Å². The van der Waals surface area contributed by atoms with Gasteiger partial charge in [-0.15, -0.1) is 0 Å². The molecule has 102 valence electrons. The minimum atomic E-state index is -2.95. The zero-order chi connectivity index (χ0) is 14.3. The molecule has 0 aliphatic carbocycles. The number of halogens is 2. The molecule has 0 saturated carbocycles. The molecule has 0 aromatic heterocycles. The Balaban J connectivity index is 3.16. The van der Waals surface area contributed by atoms with Gasteiger partial charge in [-0.3, -0.25) is 5.32 Å². The van der Waals surface area contributed by atoms with Gasteiger partial charge in [0.2, 0.25) is 0 Å². The highest BCUT2D eigenvalue weighted by molar-refractivity contribution is 8.13. The van der Waals surface area contributed by atoms with Crippen LogP contribution in [-0.4, -0.2) is 25.1 Å². The average molecular weight is 287 g/mol. The van der Waals surface area contributed by atoms with Gasteiger partial charge in [0.25, 0.3) is 0 Å². The first-order valence-electron chi connectivity index (χ1n) is 5.01. The smallest absolute Gasteiger partial charge is 0.387 e. The fourth-order valence-electron chi connectivity index (χ4n) is 1.19. The Labute approximate surface area is 113 Å². The van der Waals surface area contributed by atoms with Crippen LogP contribution >= 0.6 is 11.8 Å². The minimum Gasteiger partial charge on any atom is -0.497 e. The van der Waals surface area contributed by atoms with E-state index in [1.807, 2.05) is 0 Å². The van der Waals surface area contributed by atoms with Gasteiger partial charge in [0.05, 0.1) is 7.11 Å². The van der Waals surface area contributed by atoms with Gasteiger partial charge >= 0.3 is 6.61 Å². The Hall–Kier alpha value is -2.01. The van der Waals surface area contributed by atoms with Crippen LogP contribution < -0.4 is 14.8 Å². The van der Waals surface area contributed by atoms with Crippen LogP contribution in [0, 0.1) is 11.5 Å². The summed E-state index contributed by atoms with van der Waals surface area (Å²) in [5, 5.41) is 11.1. The second-order valence-electron chi connectivity index (χ2n) is 3.07. The first-order chi connectivity index (χ1) is 9.10. The monoisotopic (exact) mass is 287 g/mol. The number of thioether (sulfide) groups is 1. The predicted octanol–water partition coefficient (Wildman–Crippen LogP) is 2.72. The van der Waals surface area contributed by atoms with E-state index in [-0.39, 0.29) is 16.6 Å². The Morgan fingerprint density at radius 3 is 2.79 bits per heavy atom. The quantitative estimate of drug-likeness (QED) is 0.399. The van der Waals surface area contributed by atoms with Gasteiger partial charge in [-0.05, 0) is 18.4 Å². The van der Waals surface area contributed by atoms with Crippen LogP contribution in [0.2, 0.25) is 0 Å². The van der Waals surface area contributed by atoms with E-state index in [0.717, 1.165) is 11.8 Å². The van der Waals surface area contributed by atoms with Crippen LogP contribution in [0.25, 0.3) is 0 Å². The van der Waals surface area contributed by atoms with Gasteiger partial charge in [0.15, 0.2) is 17.1 Å². The summed E-state index contributed by atoms with van der Waals surface area (Å²) in [7, 11) is 1.44. The summed E-state index contributed by atoms with van der Waals surface area (Å²) in [4.78, 5) is 4.04. The van der Waals surface area contributed by atoms with Gasteiger partial charge in [0, 0.05) is 6.07 Å². The molecule has 19 heavy (non-hydrogen) atoms. The van der Waals surface area contributed by atoms with E-state index >= 15 is 0 Å². The maximum atomic E-state index is 12.3. The second-order valence-corrected chi connectivity index (χ2v) is 3.86. The lowest BCUT2D eigenvalue weighted by Crippen LogP contribution is -2.12. The van der Waals surface area contributed by atoms with Crippen LogP contribution in [0.15, 0.2) is 23.2 Å². The lowest BCUT2D eigenvalue weighted by molar-refractivity contribution is -0.0494. The van der Waals surface area contributed by atoms with Crippen LogP contribution in [0.4, 0.5) is 14.5 Å². The number of hydrogen-bond donors (Lipinski definition) is 1. The molecule has 8 heteroatoms. The lowest BCUT2D eigenvalue weighted by atomic mass is 10.3. The van der Waals surface area contributed by atoms with Crippen LogP contribution in [0.1, 0.15) is 0 Å². The van der Waals surface area contributed by atoms with Gasteiger partial charge in [-0.2, -0.15) is 14.0 Å². The van der Waals surface area contributed by atoms with Gasteiger partial charge < -0.3 is 9.47 Å². The van der Waals surface area contributed by atoms with Crippen LogP contribution in [-0.2, 0) is 0 Å². The van der Waals surface area contributed by atoms with Crippen molar-refractivity contribution in [2.45, 2.75) is 6.61 Å². The number of hydrogen-bond acceptors (Lipinski definition) is 5. The summed E-state index contributed by atoms with van der Waals surface area (Å²) in [5.41, 5.74) is 0.145. The number of rotatable bonds is 4. The van der Waals surface area contributed by atoms with E-state index in [9.17, 15) is 8.78 Å². The van der Waals surface area contributed by atoms with E-state index in [1.54, 1.807) is 12.4 Å². The number of nitrogens with zero attached hydrogens (tertiary/aromatic N) is 2. The van der Waals surface area contributed by atoms with E-state index < -0.39 is 6.61 Å². The molecule has 0 bridgehead atoms. The zero-order valence-electron chi connectivity index (χ0n) is 10.2. The van der Waals surface area contributed by atoms with Crippen molar-refractivity contribution in [2.75, 3.05) is 13.4 Å². The highest BCUT2D eigenvalue weighted by atomic mass is 32.2. The third kappa shape index (κ3) is 4.63.